The molecule has 2 saturated heterocycles. The second-order valence-electron chi connectivity index (χ2n) is 11.8. The van der Waals surface area contributed by atoms with Crippen molar-refractivity contribution >= 4 is 11.8 Å². The molecule has 2 unspecified atom stereocenters. The Balaban J connectivity index is 1.15. The molecule has 2 aromatic rings. The molecule has 1 N–H and O–H groups in total. The molecule has 3 fully saturated rings. The zero-order chi connectivity index (χ0) is 26.6. The summed E-state index contributed by atoms with van der Waals surface area (Å²) >= 11 is 0. The van der Waals surface area contributed by atoms with E-state index in [9.17, 15) is 14.8 Å². The van der Waals surface area contributed by atoms with Crippen LogP contribution in [-0.2, 0) is 4.79 Å². The number of amides is 2. The number of nitrogens with one attached hydrogen (secondary N) is 1. The number of nitrogens with zero attached hydrogens (tertiary/aromatic N) is 3. The van der Waals surface area contributed by atoms with Crippen molar-refractivity contribution in [2.45, 2.75) is 64.8 Å². The molecule has 1 aromatic carbocycles. The number of pyridine rings is 1. The maximum absolute atomic E-state index is 13.3. The van der Waals surface area contributed by atoms with E-state index in [0.29, 0.717) is 35.4 Å². The highest BCUT2D eigenvalue weighted by molar-refractivity contribution is 5.96. The first kappa shape index (κ1) is 26.7. The summed E-state index contributed by atoms with van der Waals surface area (Å²) in [4.78, 5) is 30.7. The van der Waals surface area contributed by atoms with Gasteiger partial charge in [0, 0.05) is 52.1 Å². The zero-order valence-electron chi connectivity index (χ0n) is 22.9. The number of benzene rings is 1. The minimum Gasteiger partial charge on any atom is -0.618 e. The number of aryl methyl sites for hydroxylation is 1. The summed E-state index contributed by atoms with van der Waals surface area (Å²) < 4.78 is 0.788. The van der Waals surface area contributed by atoms with Crippen molar-refractivity contribution in [1.82, 2.24) is 15.1 Å². The number of fused-ring (bicyclic) bond motifs is 1. The first-order valence-electron chi connectivity index (χ1n) is 14.4. The van der Waals surface area contributed by atoms with Gasteiger partial charge in [-0.05, 0) is 55.1 Å². The Morgan fingerprint density at radius 1 is 1.00 bits per heavy atom. The van der Waals surface area contributed by atoms with E-state index in [-0.39, 0.29) is 17.9 Å². The van der Waals surface area contributed by atoms with Crippen LogP contribution in [0.4, 0.5) is 0 Å². The van der Waals surface area contributed by atoms with Crippen molar-refractivity contribution in [3.05, 3.63) is 70.2 Å². The molecule has 7 nitrogen and oxygen atoms in total. The Labute approximate surface area is 226 Å². The van der Waals surface area contributed by atoms with E-state index < -0.39 is 0 Å². The van der Waals surface area contributed by atoms with Gasteiger partial charge in [0.1, 0.15) is 5.56 Å². The van der Waals surface area contributed by atoms with Gasteiger partial charge in [0.25, 0.3) is 5.91 Å². The van der Waals surface area contributed by atoms with E-state index in [0.717, 1.165) is 49.4 Å². The fraction of sp³-hybridized carbons (Fsp3) is 0.581. The van der Waals surface area contributed by atoms with Crippen LogP contribution in [-0.4, -0.2) is 54.3 Å². The second kappa shape index (κ2) is 11.9. The number of aromatic nitrogens is 1. The normalized spacial score (nSPS) is 22.8. The Kier molecular flexibility index (Phi) is 8.32. The van der Waals surface area contributed by atoms with Crippen LogP contribution in [0.15, 0.2) is 42.6 Å². The van der Waals surface area contributed by atoms with Gasteiger partial charge >= 0.3 is 0 Å². The zero-order valence-corrected chi connectivity index (χ0v) is 22.9. The second-order valence-corrected chi connectivity index (χ2v) is 11.8. The lowest BCUT2D eigenvalue weighted by atomic mass is 9.86. The third kappa shape index (κ3) is 6.04. The van der Waals surface area contributed by atoms with E-state index in [1.54, 1.807) is 13.0 Å². The number of hydrogen-bond acceptors (Lipinski definition) is 4. The molecule has 38 heavy (non-hydrogen) atoms. The lowest BCUT2D eigenvalue weighted by molar-refractivity contribution is -0.612. The molecule has 204 valence electrons. The van der Waals surface area contributed by atoms with Gasteiger partial charge in [0.15, 0.2) is 6.20 Å². The van der Waals surface area contributed by atoms with Gasteiger partial charge < -0.3 is 20.3 Å². The summed E-state index contributed by atoms with van der Waals surface area (Å²) in [6.07, 6.45) is 9.17. The fourth-order valence-corrected chi connectivity index (χ4v) is 6.92. The largest absolute Gasteiger partial charge is 0.618 e. The van der Waals surface area contributed by atoms with Gasteiger partial charge in [-0.3, -0.25) is 9.59 Å². The molecule has 3 aliphatic rings. The lowest BCUT2D eigenvalue weighted by Crippen LogP contribution is -2.38. The van der Waals surface area contributed by atoms with Gasteiger partial charge in [0.2, 0.25) is 11.6 Å². The molecule has 1 aromatic heterocycles. The minimum atomic E-state index is -0.0176. The highest BCUT2D eigenvalue weighted by Crippen LogP contribution is 2.33. The van der Waals surface area contributed by atoms with Crippen molar-refractivity contribution in [3.8, 4) is 0 Å². The van der Waals surface area contributed by atoms with Crippen LogP contribution in [0.5, 0.6) is 0 Å². The molecule has 1 saturated carbocycles. The summed E-state index contributed by atoms with van der Waals surface area (Å²) in [5.74, 6) is 1.61. The van der Waals surface area contributed by atoms with Gasteiger partial charge in [0.05, 0.1) is 6.04 Å². The Morgan fingerprint density at radius 3 is 2.37 bits per heavy atom. The van der Waals surface area contributed by atoms with E-state index in [1.807, 2.05) is 30.0 Å². The van der Waals surface area contributed by atoms with Crippen molar-refractivity contribution in [3.63, 3.8) is 0 Å². The van der Waals surface area contributed by atoms with Crippen molar-refractivity contribution < 1.29 is 14.3 Å². The highest BCUT2D eigenvalue weighted by Gasteiger charge is 2.42. The van der Waals surface area contributed by atoms with Crippen LogP contribution in [0.25, 0.3) is 0 Å². The van der Waals surface area contributed by atoms with Gasteiger partial charge in [-0.2, -0.15) is 4.73 Å². The number of likely N-dealkylation sites (tertiary alicyclic amines) is 2. The first-order chi connectivity index (χ1) is 18.4. The molecule has 5 rings (SSSR count). The maximum Gasteiger partial charge on any atom is 0.260 e. The number of rotatable bonds is 8. The monoisotopic (exact) mass is 518 g/mol. The average molecular weight is 519 g/mol. The van der Waals surface area contributed by atoms with E-state index in [4.69, 9.17) is 0 Å². The molecular weight excluding hydrogens is 476 g/mol. The molecule has 2 amide bonds. The van der Waals surface area contributed by atoms with Crippen LogP contribution >= 0.6 is 0 Å². The van der Waals surface area contributed by atoms with Crippen LogP contribution in [0.1, 0.15) is 78.2 Å². The first-order valence-corrected chi connectivity index (χ1v) is 14.4. The molecule has 0 spiro atoms. The van der Waals surface area contributed by atoms with E-state index in [1.165, 1.54) is 43.9 Å². The maximum atomic E-state index is 13.3. The summed E-state index contributed by atoms with van der Waals surface area (Å²) in [6.45, 7) is 7.98. The Bertz CT molecular complexity index is 1120. The molecule has 2 aliphatic heterocycles. The molecule has 1 aliphatic carbocycles. The summed E-state index contributed by atoms with van der Waals surface area (Å²) in [5, 5.41) is 15.4. The van der Waals surface area contributed by atoms with Crippen molar-refractivity contribution in [2.24, 2.45) is 17.8 Å². The van der Waals surface area contributed by atoms with E-state index >= 15 is 0 Å². The summed E-state index contributed by atoms with van der Waals surface area (Å²) in [6, 6.07) is 12.1. The van der Waals surface area contributed by atoms with Crippen molar-refractivity contribution in [2.75, 3.05) is 32.7 Å². The third-order valence-electron chi connectivity index (χ3n) is 9.08. The van der Waals surface area contributed by atoms with Crippen LogP contribution in [0.3, 0.4) is 0 Å². The SMILES string of the molecule is Cc1cc[n+]([O-])c(C)c1C(=O)N1CC2CN(CCC(NC(=O)CC3CCCCC3)c3ccccc3)C[C@H]2C1. The minimum absolute atomic E-state index is 0.0176. The van der Waals surface area contributed by atoms with Gasteiger partial charge in [-0.1, -0.05) is 49.6 Å². The molecule has 0 bridgehead atoms. The third-order valence-corrected chi connectivity index (χ3v) is 9.08. The molecule has 3 heterocycles. The quantitative estimate of drug-likeness (QED) is 0.420. The van der Waals surface area contributed by atoms with E-state index in [2.05, 4.69) is 22.3 Å². The average Bonchev–Trinajstić information content (AvgIpc) is 3.49. The smallest absolute Gasteiger partial charge is 0.260 e. The van der Waals surface area contributed by atoms with Crippen LogP contribution in [0.2, 0.25) is 0 Å². The van der Waals surface area contributed by atoms with Crippen LogP contribution < -0.4 is 10.0 Å². The van der Waals surface area contributed by atoms with Gasteiger partial charge in [-0.15, -0.1) is 0 Å². The van der Waals surface area contributed by atoms with Crippen LogP contribution in [0, 0.1) is 36.8 Å². The van der Waals surface area contributed by atoms with Gasteiger partial charge in [-0.25, -0.2) is 0 Å². The lowest BCUT2D eigenvalue weighted by Gasteiger charge is -2.26. The predicted molar refractivity (Wildman–Crippen MR) is 147 cm³/mol. The predicted octanol–water partition coefficient (Wildman–Crippen LogP) is 4.16. The van der Waals surface area contributed by atoms with Crippen molar-refractivity contribution in [1.29, 1.82) is 0 Å². The number of carbonyl (C=O) groups excluding carboxylic acids is 2. The summed E-state index contributed by atoms with van der Waals surface area (Å²) in [7, 11) is 0. The molecule has 7 heteroatoms. The Morgan fingerprint density at radius 2 is 1.68 bits per heavy atom. The summed E-state index contributed by atoms with van der Waals surface area (Å²) in [5.41, 5.74) is 3.06. The topological polar surface area (TPSA) is 79.6 Å². The molecule has 0 radical (unpaired) electrons. The molecular formula is C31H42N4O3. The highest BCUT2D eigenvalue weighted by atomic mass is 16.5. The standard InChI is InChI=1S/C31H42N4O3/c1-22-13-16-35(38)23(2)30(22)31(37)34-20-26-18-33(19-27(26)21-34)15-14-28(25-11-7-4-8-12-25)32-29(36)17-24-9-5-3-6-10-24/h4,7-8,11-13,16,24,26-28H,3,5-6,9-10,14-15,17-21H2,1-2H3,(H,32,36)/t26-,27?,28?/m0/s1. The number of hydrogen-bond donors (Lipinski definition) is 1. The fourth-order valence-electron chi connectivity index (χ4n) is 6.92. The number of carbonyl (C=O) groups is 2. The molecule has 3 atom stereocenters. The Hall–Kier alpha value is -2.93.